The van der Waals surface area contributed by atoms with Gasteiger partial charge in [0.1, 0.15) is 5.82 Å². The van der Waals surface area contributed by atoms with E-state index in [2.05, 4.69) is 16.0 Å². The van der Waals surface area contributed by atoms with Crippen LogP contribution in [0.3, 0.4) is 0 Å². The quantitative estimate of drug-likeness (QED) is 0.704. The van der Waals surface area contributed by atoms with Crippen molar-refractivity contribution < 1.29 is 18.0 Å². The number of carbonyl (C=O) groups is 1. The van der Waals surface area contributed by atoms with Gasteiger partial charge in [0.05, 0.1) is 11.7 Å². The molecule has 1 saturated heterocycles. The summed E-state index contributed by atoms with van der Waals surface area (Å²) in [5.41, 5.74) is -0.371. The number of halogens is 3. The first-order valence-electron chi connectivity index (χ1n) is 5.89. The summed E-state index contributed by atoms with van der Waals surface area (Å²) < 4.78 is 39.1. The Balaban J connectivity index is 2.05. The molecule has 2 atom stereocenters. The number of amides is 1. The Morgan fingerprint density at radius 3 is 2.47 bits per heavy atom. The zero-order valence-corrected chi connectivity index (χ0v) is 10.3. The SMILES string of the molecule is CC1CNC(C(=O)Nc2cc(F)c(F)cc2F)CN1. The van der Waals surface area contributed by atoms with E-state index in [9.17, 15) is 18.0 Å². The van der Waals surface area contributed by atoms with E-state index >= 15 is 0 Å². The molecule has 1 amide bonds. The van der Waals surface area contributed by atoms with Crippen molar-refractivity contribution in [3.8, 4) is 0 Å². The molecule has 1 fully saturated rings. The van der Waals surface area contributed by atoms with Crippen LogP contribution in [0.4, 0.5) is 18.9 Å². The lowest BCUT2D eigenvalue weighted by Gasteiger charge is -2.28. The molecule has 4 nitrogen and oxygen atoms in total. The number of carbonyl (C=O) groups excluding carboxylic acids is 1. The minimum Gasteiger partial charge on any atom is -0.322 e. The molecule has 0 aromatic heterocycles. The van der Waals surface area contributed by atoms with Crippen LogP contribution < -0.4 is 16.0 Å². The number of anilines is 1. The molecule has 2 rings (SSSR count). The highest BCUT2D eigenvalue weighted by atomic mass is 19.2. The van der Waals surface area contributed by atoms with Crippen LogP contribution in [0, 0.1) is 17.5 Å². The molecule has 0 spiro atoms. The van der Waals surface area contributed by atoms with Crippen LogP contribution in [-0.4, -0.2) is 31.1 Å². The van der Waals surface area contributed by atoms with Crippen molar-refractivity contribution in [1.29, 1.82) is 0 Å². The highest BCUT2D eigenvalue weighted by molar-refractivity contribution is 5.95. The number of nitrogens with one attached hydrogen (secondary N) is 3. The molecule has 1 aliphatic heterocycles. The monoisotopic (exact) mass is 273 g/mol. The van der Waals surface area contributed by atoms with Gasteiger partial charge in [0.25, 0.3) is 0 Å². The standard InChI is InChI=1S/C12H14F3N3O/c1-6-4-17-11(5-16-6)12(19)18-10-3-8(14)7(13)2-9(10)15/h2-3,6,11,16-17H,4-5H2,1H3,(H,18,19). The third-order valence-electron chi connectivity index (χ3n) is 2.93. The van der Waals surface area contributed by atoms with Gasteiger partial charge in [-0.25, -0.2) is 13.2 Å². The van der Waals surface area contributed by atoms with Crippen molar-refractivity contribution in [3.63, 3.8) is 0 Å². The van der Waals surface area contributed by atoms with E-state index in [1.54, 1.807) is 0 Å². The second kappa shape index (κ2) is 5.58. The zero-order chi connectivity index (χ0) is 14.0. The fourth-order valence-corrected chi connectivity index (χ4v) is 1.81. The number of rotatable bonds is 2. The molecule has 1 aromatic rings. The summed E-state index contributed by atoms with van der Waals surface area (Å²) in [7, 11) is 0. The summed E-state index contributed by atoms with van der Waals surface area (Å²) in [5, 5.41) is 8.29. The minimum atomic E-state index is -1.29. The van der Waals surface area contributed by atoms with Gasteiger partial charge >= 0.3 is 0 Å². The maximum atomic E-state index is 13.4. The average Bonchev–Trinajstić information content (AvgIpc) is 2.36. The smallest absolute Gasteiger partial charge is 0.242 e. The molecule has 0 radical (unpaired) electrons. The van der Waals surface area contributed by atoms with E-state index in [-0.39, 0.29) is 11.7 Å². The summed E-state index contributed by atoms with van der Waals surface area (Å²) in [6.45, 7) is 2.94. The highest BCUT2D eigenvalue weighted by Crippen LogP contribution is 2.18. The third-order valence-corrected chi connectivity index (χ3v) is 2.93. The van der Waals surface area contributed by atoms with E-state index < -0.39 is 29.4 Å². The van der Waals surface area contributed by atoms with Crippen molar-refractivity contribution >= 4 is 11.6 Å². The number of hydrogen-bond donors (Lipinski definition) is 3. The van der Waals surface area contributed by atoms with Gasteiger partial charge < -0.3 is 16.0 Å². The van der Waals surface area contributed by atoms with Crippen molar-refractivity contribution in [2.45, 2.75) is 19.0 Å². The molecule has 1 heterocycles. The van der Waals surface area contributed by atoms with Gasteiger partial charge in [-0.1, -0.05) is 0 Å². The third kappa shape index (κ3) is 3.24. The number of benzene rings is 1. The second-order valence-corrected chi connectivity index (χ2v) is 4.51. The molecular weight excluding hydrogens is 259 g/mol. The Morgan fingerprint density at radius 1 is 1.16 bits per heavy atom. The largest absolute Gasteiger partial charge is 0.322 e. The van der Waals surface area contributed by atoms with Gasteiger partial charge in [0.15, 0.2) is 11.6 Å². The molecule has 1 aromatic carbocycles. The number of hydrogen-bond acceptors (Lipinski definition) is 3. The van der Waals surface area contributed by atoms with Crippen LogP contribution in [0.25, 0.3) is 0 Å². The lowest BCUT2D eigenvalue weighted by atomic mass is 10.1. The maximum absolute atomic E-state index is 13.4. The van der Waals surface area contributed by atoms with Crippen molar-refractivity contribution in [2.24, 2.45) is 0 Å². The molecule has 3 N–H and O–H groups in total. The van der Waals surface area contributed by atoms with E-state index in [1.165, 1.54) is 0 Å². The summed E-state index contributed by atoms with van der Waals surface area (Å²) in [6.07, 6.45) is 0. The first-order valence-corrected chi connectivity index (χ1v) is 5.89. The lowest BCUT2D eigenvalue weighted by Crippen LogP contribution is -2.57. The first-order chi connectivity index (χ1) is 8.97. The Hall–Kier alpha value is -1.60. The number of piperazine rings is 1. The Morgan fingerprint density at radius 2 is 1.84 bits per heavy atom. The molecule has 0 bridgehead atoms. The fraction of sp³-hybridized carbons (Fsp3) is 0.417. The molecule has 7 heteroatoms. The van der Waals surface area contributed by atoms with Crippen molar-refractivity contribution in [3.05, 3.63) is 29.6 Å². The van der Waals surface area contributed by atoms with Crippen LogP contribution >= 0.6 is 0 Å². The average molecular weight is 273 g/mol. The molecule has 0 saturated carbocycles. The molecule has 19 heavy (non-hydrogen) atoms. The zero-order valence-electron chi connectivity index (χ0n) is 10.3. The second-order valence-electron chi connectivity index (χ2n) is 4.51. The van der Waals surface area contributed by atoms with Crippen molar-refractivity contribution in [2.75, 3.05) is 18.4 Å². The van der Waals surface area contributed by atoms with Crippen LogP contribution in [0.2, 0.25) is 0 Å². The minimum absolute atomic E-state index is 0.240. The maximum Gasteiger partial charge on any atom is 0.242 e. The fourth-order valence-electron chi connectivity index (χ4n) is 1.81. The highest BCUT2D eigenvalue weighted by Gasteiger charge is 2.24. The normalized spacial score (nSPS) is 23.2. The van der Waals surface area contributed by atoms with Gasteiger partial charge in [-0.05, 0) is 6.92 Å². The summed E-state index contributed by atoms with van der Waals surface area (Å²) >= 11 is 0. The van der Waals surface area contributed by atoms with E-state index in [0.29, 0.717) is 25.2 Å². The van der Waals surface area contributed by atoms with Gasteiger partial charge in [0.2, 0.25) is 5.91 Å². The predicted molar refractivity (Wildman–Crippen MR) is 64.2 cm³/mol. The van der Waals surface area contributed by atoms with Crippen molar-refractivity contribution in [1.82, 2.24) is 10.6 Å². The molecule has 1 aliphatic rings. The topological polar surface area (TPSA) is 53.2 Å². The van der Waals surface area contributed by atoms with Gasteiger partial charge in [0, 0.05) is 31.3 Å². The predicted octanol–water partition coefficient (Wildman–Crippen LogP) is 0.992. The molecule has 104 valence electrons. The van der Waals surface area contributed by atoms with Crippen LogP contribution in [0.15, 0.2) is 12.1 Å². The first kappa shape index (κ1) is 13.8. The van der Waals surface area contributed by atoms with Crippen LogP contribution in [-0.2, 0) is 4.79 Å². The summed E-state index contributed by atoms with van der Waals surface area (Å²) in [6, 6.07) is 0.730. The summed E-state index contributed by atoms with van der Waals surface area (Å²) in [4.78, 5) is 11.8. The van der Waals surface area contributed by atoms with E-state index in [0.717, 1.165) is 0 Å². The Kier molecular flexibility index (Phi) is 4.06. The Bertz CT molecular complexity index is 487. The molecule has 0 aliphatic carbocycles. The van der Waals surface area contributed by atoms with E-state index in [4.69, 9.17) is 0 Å². The van der Waals surface area contributed by atoms with E-state index in [1.807, 2.05) is 6.92 Å². The summed E-state index contributed by atoms with van der Waals surface area (Å²) in [5.74, 6) is -4.00. The lowest BCUT2D eigenvalue weighted by molar-refractivity contribution is -0.118. The van der Waals surface area contributed by atoms with Crippen LogP contribution in [0.1, 0.15) is 6.92 Å². The Labute approximate surface area is 108 Å². The van der Waals surface area contributed by atoms with Gasteiger partial charge in [-0.15, -0.1) is 0 Å². The molecule has 2 unspecified atom stereocenters. The van der Waals surface area contributed by atoms with Gasteiger partial charge in [-0.2, -0.15) is 0 Å². The van der Waals surface area contributed by atoms with Gasteiger partial charge in [-0.3, -0.25) is 4.79 Å². The molecular formula is C12H14F3N3O. The van der Waals surface area contributed by atoms with Crippen LogP contribution in [0.5, 0.6) is 0 Å².